The van der Waals surface area contributed by atoms with E-state index in [1.807, 2.05) is 4.90 Å². The molecule has 0 spiro atoms. The highest BCUT2D eigenvalue weighted by Gasteiger charge is 2.22. The first-order valence-electron chi connectivity index (χ1n) is 9.63. The molecule has 0 aliphatic carbocycles. The minimum Gasteiger partial charge on any atom is -0.462 e. The zero-order valence-electron chi connectivity index (χ0n) is 16.7. The summed E-state index contributed by atoms with van der Waals surface area (Å²) in [6.07, 6.45) is 0. The van der Waals surface area contributed by atoms with Gasteiger partial charge in [-0.1, -0.05) is 12.1 Å². The van der Waals surface area contributed by atoms with Gasteiger partial charge in [-0.2, -0.15) is 0 Å². The van der Waals surface area contributed by atoms with Crippen LogP contribution in [0.5, 0.6) is 0 Å². The summed E-state index contributed by atoms with van der Waals surface area (Å²) in [4.78, 5) is 28.4. The van der Waals surface area contributed by atoms with Gasteiger partial charge in [-0.05, 0) is 62.2 Å². The van der Waals surface area contributed by atoms with Crippen molar-refractivity contribution in [3.05, 3.63) is 59.2 Å². The Labute approximate surface area is 166 Å². The van der Waals surface area contributed by atoms with Crippen molar-refractivity contribution in [1.29, 1.82) is 0 Å². The standard InChI is InChI=1S/C22H27N3O3/c1-4-28-21(26)18-7-9-19(10-8-18)23-22(27)25-13-11-24(12-14-25)20-15-16(2)5-6-17(20)3/h5-10,15H,4,11-14H2,1-3H3,(H,23,27). The van der Waals surface area contributed by atoms with E-state index in [-0.39, 0.29) is 12.0 Å². The number of aryl methyl sites for hydroxylation is 2. The molecule has 28 heavy (non-hydrogen) atoms. The quantitative estimate of drug-likeness (QED) is 0.818. The number of anilines is 2. The molecular formula is C22H27N3O3. The van der Waals surface area contributed by atoms with Crippen molar-refractivity contribution in [2.75, 3.05) is 43.0 Å². The normalized spacial score (nSPS) is 14.0. The summed E-state index contributed by atoms with van der Waals surface area (Å²) in [6, 6.07) is 13.1. The predicted molar refractivity (Wildman–Crippen MR) is 111 cm³/mol. The van der Waals surface area contributed by atoms with Crippen LogP contribution in [-0.2, 0) is 4.74 Å². The van der Waals surface area contributed by atoms with Gasteiger partial charge in [-0.3, -0.25) is 0 Å². The zero-order chi connectivity index (χ0) is 20.1. The van der Waals surface area contributed by atoms with Crippen molar-refractivity contribution < 1.29 is 14.3 Å². The Balaban J connectivity index is 1.55. The van der Waals surface area contributed by atoms with Crippen molar-refractivity contribution >= 4 is 23.4 Å². The Bertz CT molecular complexity index is 841. The number of ether oxygens (including phenoxy) is 1. The second-order valence-corrected chi connectivity index (χ2v) is 6.99. The smallest absolute Gasteiger partial charge is 0.338 e. The molecule has 6 nitrogen and oxygen atoms in total. The molecule has 6 heteroatoms. The van der Waals surface area contributed by atoms with Crippen molar-refractivity contribution in [3.8, 4) is 0 Å². The number of piperazine rings is 1. The van der Waals surface area contributed by atoms with Crippen LogP contribution in [0.25, 0.3) is 0 Å². The molecule has 148 valence electrons. The molecular weight excluding hydrogens is 354 g/mol. The van der Waals surface area contributed by atoms with Crippen molar-refractivity contribution in [2.24, 2.45) is 0 Å². The number of hydrogen-bond donors (Lipinski definition) is 1. The maximum Gasteiger partial charge on any atom is 0.338 e. The van der Waals surface area contributed by atoms with Crippen molar-refractivity contribution in [1.82, 2.24) is 4.90 Å². The van der Waals surface area contributed by atoms with Crippen LogP contribution in [0.4, 0.5) is 16.2 Å². The molecule has 2 aromatic rings. The summed E-state index contributed by atoms with van der Waals surface area (Å²) in [6.45, 7) is 9.27. The Morgan fingerprint density at radius 2 is 1.68 bits per heavy atom. The second-order valence-electron chi connectivity index (χ2n) is 6.99. The number of nitrogens with one attached hydrogen (secondary N) is 1. The van der Waals surface area contributed by atoms with E-state index in [0.717, 1.165) is 13.1 Å². The number of carbonyl (C=O) groups is 2. The lowest BCUT2D eigenvalue weighted by Gasteiger charge is -2.36. The molecule has 1 fully saturated rings. The summed E-state index contributed by atoms with van der Waals surface area (Å²) in [5.41, 5.74) is 4.88. The van der Waals surface area contributed by atoms with E-state index >= 15 is 0 Å². The first-order valence-corrected chi connectivity index (χ1v) is 9.63. The largest absolute Gasteiger partial charge is 0.462 e. The number of hydrogen-bond acceptors (Lipinski definition) is 4. The number of rotatable bonds is 4. The van der Waals surface area contributed by atoms with Gasteiger partial charge >= 0.3 is 12.0 Å². The van der Waals surface area contributed by atoms with Gasteiger partial charge in [0.2, 0.25) is 0 Å². The van der Waals surface area contributed by atoms with Crippen molar-refractivity contribution in [2.45, 2.75) is 20.8 Å². The number of amides is 2. The number of carbonyl (C=O) groups excluding carboxylic acids is 2. The summed E-state index contributed by atoms with van der Waals surface area (Å²) in [7, 11) is 0. The third kappa shape index (κ3) is 4.63. The van der Waals surface area contributed by atoms with Crippen LogP contribution in [0.1, 0.15) is 28.4 Å². The zero-order valence-corrected chi connectivity index (χ0v) is 16.7. The van der Waals surface area contributed by atoms with Crippen LogP contribution in [-0.4, -0.2) is 49.7 Å². The molecule has 3 rings (SSSR count). The number of esters is 1. The topological polar surface area (TPSA) is 61.9 Å². The summed E-state index contributed by atoms with van der Waals surface area (Å²) < 4.78 is 4.97. The van der Waals surface area contributed by atoms with E-state index in [1.165, 1.54) is 16.8 Å². The van der Waals surface area contributed by atoms with E-state index in [1.54, 1.807) is 31.2 Å². The SMILES string of the molecule is CCOC(=O)c1ccc(NC(=O)N2CCN(c3cc(C)ccc3C)CC2)cc1. The molecule has 1 aliphatic rings. The summed E-state index contributed by atoms with van der Waals surface area (Å²) in [5, 5.41) is 2.90. The maximum atomic E-state index is 12.6. The molecule has 2 amide bonds. The second kappa shape index (κ2) is 8.78. The van der Waals surface area contributed by atoms with Crippen LogP contribution in [0.15, 0.2) is 42.5 Å². The molecule has 0 bridgehead atoms. The van der Waals surface area contributed by atoms with Gasteiger partial charge in [-0.15, -0.1) is 0 Å². The molecule has 1 aliphatic heterocycles. The Hall–Kier alpha value is -3.02. The van der Waals surface area contributed by atoms with Gasteiger partial charge in [0.1, 0.15) is 0 Å². The van der Waals surface area contributed by atoms with Gasteiger partial charge < -0.3 is 19.9 Å². The molecule has 0 saturated carbocycles. The van der Waals surface area contributed by atoms with Crippen LogP contribution in [0.2, 0.25) is 0 Å². The first kappa shape index (κ1) is 19.7. The highest BCUT2D eigenvalue weighted by atomic mass is 16.5. The third-order valence-electron chi connectivity index (χ3n) is 4.92. The third-order valence-corrected chi connectivity index (χ3v) is 4.92. The summed E-state index contributed by atoms with van der Waals surface area (Å²) >= 11 is 0. The number of benzene rings is 2. The van der Waals surface area contributed by atoms with Crippen LogP contribution in [0, 0.1) is 13.8 Å². The monoisotopic (exact) mass is 381 g/mol. The van der Waals surface area contributed by atoms with Crippen LogP contribution >= 0.6 is 0 Å². The lowest BCUT2D eigenvalue weighted by molar-refractivity contribution is 0.0526. The lowest BCUT2D eigenvalue weighted by atomic mass is 10.1. The molecule has 0 unspecified atom stereocenters. The minimum absolute atomic E-state index is 0.121. The van der Waals surface area contributed by atoms with Gasteiger partial charge in [0, 0.05) is 37.6 Å². The molecule has 1 saturated heterocycles. The maximum absolute atomic E-state index is 12.6. The Kier molecular flexibility index (Phi) is 6.19. The molecule has 1 heterocycles. The van der Waals surface area contributed by atoms with E-state index in [9.17, 15) is 9.59 Å². The van der Waals surface area contributed by atoms with E-state index in [0.29, 0.717) is 30.9 Å². The van der Waals surface area contributed by atoms with Crippen LogP contribution < -0.4 is 10.2 Å². The molecule has 2 aromatic carbocycles. The van der Waals surface area contributed by atoms with E-state index in [2.05, 4.69) is 42.3 Å². The van der Waals surface area contributed by atoms with E-state index < -0.39 is 0 Å². The van der Waals surface area contributed by atoms with Crippen molar-refractivity contribution in [3.63, 3.8) is 0 Å². The average molecular weight is 381 g/mol. The molecule has 0 radical (unpaired) electrons. The lowest BCUT2D eigenvalue weighted by Crippen LogP contribution is -2.50. The minimum atomic E-state index is -0.358. The van der Waals surface area contributed by atoms with Crippen LogP contribution in [0.3, 0.4) is 0 Å². The van der Waals surface area contributed by atoms with E-state index in [4.69, 9.17) is 4.74 Å². The highest BCUT2D eigenvalue weighted by Crippen LogP contribution is 2.23. The first-order chi connectivity index (χ1) is 13.5. The number of nitrogens with zero attached hydrogens (tertiary/aromatic N) is 2. The Morgan fingerprint density at radius 1 is 1.00 bits per heavy atom. The highest BCUT2D eigenvalue weighted by molar-refractivity contribution is 5.92. The Morgan fingerprint density at radius 3 is 2.32 bits per heavy atom. The molecule has 0 atom stereocenters. The van der Waals surface area contributed by atoms with Gasteiger partial charge in [0.25, 0.3) is 0 Å². The fourth-order valence-electron chi connectivity index (χ4n) is 3.32. The average Bonchev–Trinajstić information content (AvgIpc) is 2.70. The summed E-state index contributed by atoms with van der Waals surface area (Å²) in [5.74, 6) is -0.358. The van der Waals surface area contributed by atoms with Gasteiger partial charge in [0.15, 0.2) is 0 Å². The predicted octanol–water partition coefficient (Wildman–Crippen LogP) is 3.83. The fourth-order valence-corrected chi connectivity index (χ4v) is 3.32. The molecule has 1 N–H and O–H groups in total. The number of urea groups is 1. The van der Waals surface area contributed by atoms with Gasteiger partial charge in [0.05, 0.1) is 12.2 Å². The van der Waals surface area contributed by atoms with Gasteiger partial charge in [-0.25, -0.2) is 9.59 Å². The molecule has 0 aromatic heterocycles. The fraction of sp³-hybridized carbons (Fsp3) is 0.364.